The fourth-order valence-corrected chi connectivity index (χ4v) is 5.05. The number of ether oxygens (including phenoxy) is 2. The van der Waals surface area contributed by atoms with Gasteiger partial charge in [0.2, 0.25) is 11.6 Å². The van der Waals surface area contributed by atoms with Crippen molar-refractivity contribution in [2.75, 3.05) is 26.4 Å². The first-order chi connectivity index (χ1) is 24.1. The number of hydrogen-bond acceptors (Lipinski definition) is 9. The van der Waals surface area contributed by atoms with Gasteiger partial charge >= 0.3 is 12.4 Å². The second kappa shape index (κ2) is 16.0. The number of aliphatic hydroxyl groups excluding tert-OH is 2. The molecular weight excluding hydrogens is 698 g/mol. The van der Waals surface area contributed by atoms with E-state index in [1.807, 2.05) is 31.2 Å². The highest BCUT2D eigenvalue weighted by Gasteiger charge is 2.38. The van der Waals surface area contributed by atoms with Gasteiger partial charge in [-0.3, -0.25) is 13.6 Å². The zero-order chi connectivity index (χ0) is 37.0. The van der Waals surface area contributed by atoms with Gasteiger partial charge < -0.3 is 19.7 Å². The van der Waals surface area contributed by atoms with Crippen LogP contribution in [0.1, 0.15) is 48.8 Å². The van der Waals surface area contributed by atoms with Gasteiger partial charge in [0.15, 0.2) is 22.9 Å². The average molecular weight is 733 g/mol. The van der Waals surface area contributed by atoms with E-state index in [0.717, 1.165) is 19.9 Å². The predicted molar refractivity (Wildman–Crippen MR) is 177 cm³/mol. The molecule has 1 saturated heterocycles. The Morgan fingerprint density at radius 1 is 0.673 bits per heavy atom. The summed E-state index contributed by atoms with van der Waals surface area (Å²) < 4.78 is 90.7. The molecule has 6 aromatic rings. The summed E-state index contributed by atoms with van der Waals surface area (Å²) in [5.74, 6) is -2.95. The molecule has 11 nitrogen and oxygen atoms in total. The monoisotopic (exact) mass is 732 g/mol. The summed E-state index contributed by atoms with van der Waals surface area (Å²) in [6.07, 6.45) is -6.41. The third kappa shape index (κ3) is 8.79. The van der Waals surface area contributed by atoms with Gasteiger partial charge in [-0.15, -0.1) is 20.4 Å². The van der Waals surface area contributed by atoms with Crippen LogP contribution in [0.3, 0.4) is 0 Å². The van der Waals surface area contributed by atoms with Crippen LogP contribution in [-0.4, -0.2) is 71.6 Å². The molecular formula is C35H34F6N6O5. The second-order valence-electron chi connectivity index (χ2n) is 11.1. The molecule has 276 valence electrons. The summed E-state index contributed by atoms with van der Waals surface area (Å²) in [5, 5.41) is 28.7. The molecule has 1 aliphatic rings. The normalized spacial score (nSPS) is 13.9. The zero-order valence-electron chi connectivity index (χ0n) is 27.0. The van der Waals surface area contributed by atoms with Crippen molar-refractivity contribution >= 4 is 17.1 Å². The molecule has 4 aromatic heterocycles. The van der Waals surface area contributed by atoms with Crippen LogP contribution in [0.4, 0.5) is 26.3 Å². The molecule has 2 N–H and O–H groups in total. The number of nitrogens with zero attached hydrogens (tertiary/aromatic N) is 6. The van der Waals surface area contributed by atoms with Crippen molar-refractivity contribution < 1.29 is 50.8 Å². The van der Waals surface area contributed by atoms with Crippen LogP contribution in [0.25, 0.3) is 33.5 Å². The SMILES string of the molecule is C.CC(=O)c1ccc(-c2ccc3nnc(C(F)(F)F)n3c2)cc1.CC1(c2ccc(-c3ccc4nnc(C(F)(F)F)n4c3)cc2)OCCO1.OCCO. The minimum absolute atomic E-state index is 0. The molecule has 0 atom stereocenters. The molecule has 0 radical (unpaired) electrons. The topological polar surface area (TPSA) is 136 Å². The van der Waals surface area contributed by atoms with Gasteiger partial charge in [-0.05, 0) is 60.4 Å². The fraction of sp³-hybridized carbons (Fsp3) is 0.286. The zero-order valence-corrected chi connectivity index (χ0v) is 27.0. The fourth-order valence-electron chi connectivity index (χ4n) is 5.05. The van der Waals surface area contributed by atoms with E-state index in [2.05, 4.69) is 20.4 Å². The van der Waals surface area contributed by atoms with Crippen LogP contribution in [0.15, 0.2) is 85.2 Å². The Hall–Kier alpha value is -5.23. The van der Waals surface area contributed by atoms with E-state index in [0.29, 0.717) is 35.5 Å². The Labute approximate surface area is 293 Å². The number of carbonyl (C=O) groups is 1. The lowest BCUT2D eigenvalue weighted by Gasteiger charge is -2.22. The number of aromatic nitrogens is 6. The summed E-state index contributed by atoms with van der Waals surface area (Å²) in [6, 6.07) is 20.4. The molecule has 0 aliphatic carbocycles. The smallest absolute Gasteiger partial charge is 0.394 e. The molecule has 1 fully saturated rings. The molecule has 17 heteroatoms. The Morgan fingerprint density at radius 3 is 1.42 bits per heavy atom. The molecule has 0 spiro atoms. The number of pyridine rings is 2. The van der Waals surface area contributed by atoms with Gasteiger partial charge in [-0.25, -0.2) is 0 Å². The van der Waals surface area contributed by atoms with E-state index in [4.69, 9.17) is 19.7 Å². The van der Waals surface area contributed by atoms with E-state index in [1.165, 1.54) is 31.5 Å². The van der Waals surface area contributed by atoms with Crippen LogP contribution < -0.4 is 0 Å². The third-order valence-corrected chi connectivity index (χ3v) is 7.62. The largest absolute Gasteiger partial charge is 0.452 e. The number of fused-ring (bicyclic) bond motifs is 2. The summed E-state index contributed by atoms with van der Waals surface area (Å²) in [7, 11) is 0. The maximum Gasteiger partial charge on any atom is 0.452 e. The quantitative estimate of drug-likeness (QED) is 0.144. The highest BCUT2D eigenvalue weighted by Crippen LogP contribution is 2.34. The van der Waals surface area contributed by atoms with Crippen molar-refractivity contribution in [3.8, 4) is 22.3 Å². The predicted octanol–water partition coefficient (Wildman–Crippen LogP) is 6.86. The van der Waals surface area contributed by atoms with Crippen molar-refractivity contribution in [1.29, 1.82) is 0 Å². The number of hydrogen-bond donors (Lipinski definition) is 2. The minimum atomic E-state index is -4.57. The minimum Gasteiger partial charge on any atom is -0.394 e. The van der Waals surface area contributed by atoms with E-state index in [9.17, 15) is 31.1 Å². The van der Waals surface area contributed by atoms with E-state index >= 15 is 0 Å². The number of benzene rings is 2. The van der Waals surface area contributed by atoms with Gasteiger partial charge in [-0.1, -0.05) is 56.0 Å². The summed E-state index contributed by atoms with van der Waals surface area (Å²) in [4.78, 5) is 11.2. The number of rotatable bonds is 5. The van der Waals surface area contributed by atoms with E-state index in [1.54, 1.807) is 36.4 Å². The molecule has 2 aromatic carbocycles. The van der Waals surface area contributed by atoms with Gasteiger partial charge in [0.05, 0.1) is 26.4 Å². The summed E-state index contributed by atoms with van der Waals surface area (Å²) in [6.45, 7) is 4.10. The summed E-state index contributed by atoms with van der Waals surface area (Å²) >= 11 is 0. The number of halogens is 6. The van der Waals surface area contributed by atoms with Crippen LogP contribution >= 0.6 is 0 Å². The van der Waals surface area contributed by atoms with Gasteiger partial charge in [0.25, 0.3) is 0 Å². The maximum atomic E-state index is 13.0. The highest BCUT2D eigenvalue weighted by molar-refractivity contribution is 5.94. The van der Waals surface area contributed by atoms with Gasteiger partial charge in [0, 0.05) is 23.5 Å². The molecule has 1 aliphatic heterocycles. The van der Waals surface area contributed by atoms with Crippen LogP contribution in [0.5, 0.6) is 0 Å². The van der Waals surface area contributed by atoms with Gasteiger partial charge in [-0.2, -0.15) is 26.3 Å². The lowest BCUT2D eigenvalue weighted by Crippen LogP contribution is -2.22. The lowest BCUT2D eigenvalue weighted by molar-refractivity contribution is -0.149. The molecule has 52 heavy (non-hydrogen) atoms. The molecule has 0 bridgehead atoms. The number of aliphatic hydroxyl groups is 2. The first-order valence-electron chi connectivity index (χ1n) is 15.2. The molecule has 0 unspecified atom stereocenters. The first kappa shape index (κ1) is 39.6. The average Bonchev–Trinajstić information content (AvgIpc) is 3.87. The van der Waals surface area contributed by atoms with Crippen molar-refractivity contribution in [2.24, 2.45) is 0 Å². The number of ketones is 1. The number of alkyl halides is 6. The Kier molecular flexibility index (Phi) is 12.2. The van der Waals surface area contributed by atoms with Crippen LogP contribution in [0, 0.1) is 0 Å². The summed E-state index contributed by atoms with van der Waals surface area (Å²) in [5.41, 5.74) is 4.35. The molecule has 7 rings (SSSR count). The van der Waals surface area contributed by atoms with Crippen LogP contribution in [-0.2, 0) is 27.6 Å². The van der Waals surface area contributed by atoms with Crippen molar-refractivity contribution in [2.45, 2.75) is 39.4 Å². The highest BCUT2D eigenvalue weighted by atomic mass is 19.4. The molecule has 0 saturated carbocycles. The Balaban J connectivity index is 0.000000209. The van der Waals surface area contributed by atoms with Gasteiger partial charge in [0.1, 0.15) is 0 Å². The van der Waals surface area contributed by atoms with Crippen molar-refractivity contribution in [3.05, 3.63) is 108 Å². The molecule has 0 amide bonds. The second-order valence-corrected chi connectivity index (χ2v) is 11.1. The number of carbonyl (C=O) groups excluding carboxylic acids is 1. The molecule has 5 heterocycles. The Morgan fingerprint density at radius 2 is 1.06 bits per heavy atom. The lowest BCUT2D eigenvalue weighted by atomic mass is 10.0. The van der Waals surface area contributed by atoms with Crippen LogP contribution in [0.2, 0.25) is 0 Å². The maximum absolute atomic E-state index is 13.0. The number of Topliss-reactive ketones (excluding diaryl/α,β-unsaturated/α-hetero) is 1. The third-order valence-electron chi connectivity index (χ3n) is 7.62. The van der Waals surface area contributed by atoms with Crippen molar-refractivity contribution in [3.63, 3.8) is 0 Å². The van der Waals surface area contributed by atoms with E-state index < -0.39 is 29.8 Å². The first-order valence-corrected chi connectivity index (χ1v) is 15.2. The Bertz CT molecular complexity index is 2100. The van der Waals surface area contributed by atoms with Crippen molar-refractivity contribution in [1.82, 2.24) is 29.2 Å². The standard InChI is InChI=1S/C17H14F3N3O2.C15H10F3N3O.C2H6O2.CH4/c1-16(24-8-9-25-16)13-5-2-11(3-6-13)12-4-7-14-21-22-15(17(18,19)20)23(14)10-12;1-9(22)10-2-4-11(5-3-10)12-6-7-13-19-20-14(15(16,17)18)21(13)8-12;3-1-2-4;/h2-7,10H,8-9H2,1H3;2-8H,1H3;3-4H,1-2H2;1H4. The van der Waals surface area contributed by atoms with E-state index in [-0.39, 0.29) is 37.7 Å².